The largest absolute Gasteiger partial charge is 0.497 e. The maximum Gasteiger partial charge on any atom is 0.119 e. The van der Waals surface area contributed by atoms with Gasteiger partial charge in [-0.3, -0.25) is 4.90 Å². The van der Waals surface area contributed by atoms with Crippen molar-refractivity contribution in [2.45, 2.75) is 57.0 Å². The second kappa shape index (κ2) is 6.80. The minimum atomic E-state index is 0.128. The second-order valence-corrected chi connectivity index (χ2v) is 6.50. The molecule has 0 amide bonds. The van der Waals surface area contributed by atoms with Gasteiger partial charge in [-0.25, -0.2) is 0 Å². The highest BCUT2D eigenvalue weighted by atomic mass is 16.5. The van der Waals surface area contributed by atoms with Crippen LogP contribution in [0.15, 0.2) is 18.2 Å². The molecule has 2 unspecified atom stereocenters. The molecule has 2 N–H and O–H groups in total. The zero-order chi connectivity index (χ0) is 14.7. The van der Waals surface area contributed by atoms with E-state index in [1.807, 2.05) is 0 Å². The summed E-state index contributed by atoms with van der Waals surface area (Å²) in [4.78, 5) is 2.66. The van der Waals surface area contributed by atoms with Crippen LogP contribution in [0.3, 0.4) is 0 Å². The molecule has 0 bridgehead atoms. The fourth-order valence-electron chi connectivity index (χ4n) is 3.94. The minimum Gasteiger partial charge on any atom is -0.497 e. The molecule has 3 nitrogen and oxygen atoms in total. The number of hydrogen-bond donors (Lipinski definition) is 1. The minimum absolute atomic E-state index is 0.128. The number of rotatable bonds is 2. The lowest BCUT2D eigenvalue weighted by Gasteiger charge is -2.40. The van der Waals surface area contributed by atoms with Gasteiger partial charge in [-0.1, -0.05) is 25.3 Å². The topological polar surface area (TPSA) is 38.5 Å². The zero-order valence-electron chi connectivity index (χ0n) is 13.2. The number of aryl methyl sites for hydroxylation is 1. The third kappa shape index (κ3) is 3.24. The van der Waals surface area contributed by atoms with Crippen LogP contribution in [-0.2, 0) is 6.42 Å². The van der Waals surface area contributed by atoms with Crippen LogP contribution in [0.5, 0.6) is 5.75 Å². The number of nitrogens with two attached hydrogens (primary N) is 1. The molecular formula is C18H28N2O. The van der Waals surface area contributed by atoms with Crippen molar-refractivity contribution >= 4 is 0 Å². The van der Waals surface area contributed by atoms with E-state index in [4.69, 9.17) is 10.5 Å². The quantitative estimate of drug-likeness (QED) is 0.907. The van der Waals surface area contributed by atoms with Crippen LogP contribution in [0.1, 0.15) is 55.7 Å². The molecule has 0 saturated carbocycles. The highest BCUT2D eigenvalue weighted by molar-refractivity contribution is 5.40. The van der Waals surface area contributed by atoms with Crippen LogP contribution in [-0.4, -0.2) is 31.1 Å². The smallest absolute Gasteiger partial charge is 0.119 e. The Kier molecular flexibility index (Phi) is 4.81. The molecule has 21 heavy (non-hydrogen) atoms. The predicted octanol–water partition coefficient (Wildman–Crippen LogP) is 3.28. The van der Waals surface area contributed by atoms with Gasteiger partial charge in [0, 0.05) is 12.1 Å². The Morgan fingerprint density at radius 1 is 1.10 bits per heavy atom. The first-order valence-electron chi connectivity index (χ1n) is 8.46. The van der Waals surface area contributed by atoms with Crippen molar-refractivity contribution in [3.05, 3.63) is 29.3 Å². The first kappa shape index (κ1) is 14.9. The van der Waals surface area contributed by atoms with E-state index in [-0.39, 0.29) is 6.04 Å². The molecule has 0 aromatic heterocycles. The fourth-order valence-corrected chi connectivity index (χ4v) is 3.94. The predicted molar refractivity (Wildman–Crippen MR) is 86.7 cm³/mol. The normalized spacial score (nSPS) is 27.5. The lowest BCUT2D eigenvalue weighted by molar-refractivity contribution is 0.142. The van der Waals surface area contributed by atoms with Crippen LogP contribution in [0.2, 0.25) is 0 Å². The van der Waals surface area contributed by atoms with E-state index in [1.165, 1.54) is 62.7 Å². The second-order valence-electron chi connectivity index (χ2n) is 6.50. The molecule has 116 valence electrons. The van der Waals surface area contributed by atoms with Gasteiger partial charge in [0.2, 0.25) is 0 Å². The van der Waals surface area contributed by atoms with Gasteiger partial charge in [0.05, 0.1) is 7.11 Å². The number of likely N-dealkylation sites (tertiary alicyclic amines) is 1. The van der Waals surface area contributed by atoms with Crippen LogP contribution >= 0.6 is 0 Å². The summed E-state index contributed by atoms with van der Waals surface area (Å²) in [5, 5.41) is 0. The van der Waals surface area contributed by atoms with Crippen LogP contribution in [0, 0.1) is 0 Å². The molecule has 3 heteroatoms. The first-order chi connectivity index (χ1) is 10.3. The standard InChI is InChI=1S/C18H28N2O/c1-21-15-9-7-14-8-10-17(18(19)16(14)13-15)20-11-5-3-2-4-6-12-20/h7,9,13,17-18H,2-6,8,10-12,19H2,1H3. The maximum atomic E-state index is 6.64. The first-order valence-corrected chi connectivity index (χ1v) is 8.46. The van der Waals surface area contributed by atoms with E-state index in [0.717, 1.165) is 12.2 Å². The molecule has 1 aliphatic carbocycles. The van der Waals surface area contributed by atoms with Crippen LogP contribution in [0.4, 0.5) is 0 Å². The summed E-state index contributed by atoms with van der Waals surface area (Å²) in [5.74, 6) is 0.928. The molecule has 1 heterocycles. The van der Waals surface area contributed by atoms with E-state index >= 15 is 0 Å². The zero-order valence-corrected chi connectivity index (χ0v) is 13.2. The Labute approximate surface area is 128 Å². The third-order valence-corrected chi connectivity index (χ3v) is 5.20. The number of ether oxygens (including phenoxy) is 1. The highest BCUT2D eigenvalue weighted by Gasteiger charge is 2.31. The van der Waals surface area contributed by atoms with Crippen LogP contribution < -0.4 is 10.5 Å². The van der Waals surface area contributed by atoms with Gasteiger partial charge in [-0.2, -0.15) is 0 Å². The Balaban J connectivity index is 1.78. The van der Waals surface area contributed by atoms with Gasteiger partial charge in [-0.05, 0) is 62.0 Å². The molecule has 0 radical (unpaired) electrons. The molecule has 1 saturated heterocycles. The molecule has 1 aliphatic heterocycles. The van der Waals surface area contributed by atoms with Gasteiger partial charge < -0.3 is 10.5 Å². The third-order valence-electron chi connectivity index (χ3n) is 5.20. The van der Waals surface area contributed by atoms with E-state index in [9.17, 15) is 0 Å². The van der Waals surface area contributed by atoms with Crippen molar-refractivity contribution in [2.24, 2.45) is 5.73 Å². The Bertz CT molecular complexity index is 466. The van der Waals surface area contributed by atoms with Crippen molar-refractivity contribution in [3.8, 4) is 5.75 Å². The Hall–Kier alpha value is -1.06. The molecule has 1 fully saturated rings. The highest BCUT2D eigenvalue weighted by Crippen LogP contribution is 2.34. The summed E-state index contributed by atoms with van der Waals surface area (Å²) in [5.41, 5.74) is 9.35. The summed E-state index contributed by atoms with van der Waals surface area (Å²) < 4.78 is 5.38. The summed E-state index contributed by atoms with van der Waals surface area (Å²) in [6, 6.07) is 7.03. The van der Waals surface area contributed by atoms with Crippen molar-refractivity contribution < 1.29 is 4.74 Å². The summed E-state index contributed by atoms with van der Waals surface area (Å²) in [6.45, 7) is 2.44. The molecular weight excluding hydrogens is 260 g/mol. The molecule has 2 aliphatic rings. The van der Waals surface area contributed by atoms with Gasteiger partial charge in [0.15, 0.2) is 0 Å². The summed E-state index contributed by atoms with van der Waals surface area (Å²) in [7, 11) is 1.73. The number of nitrogens with zero attached hydrogens (tertiary/aromatic N) is 1. The fraction of sp³-hybridized carbons (Fsp3) is 0.667. The van der Waals surface area contributed by atoms with Crippen molar-refractivity contribution in [3.63, 3.8) is 0 Å². The summed E-state index contributed by atoms with van der Waals surface area (Å²) >= 11 is 0. The van der Waals surface area contributed by atoms with Crippen molar-refractivity contribution in [2.75, 3.05) is 20.2 Å². The van der Waals surface area contributed by atoms with Crippen molar-refractivity contribution in [1.29, 1.82) is 0 Å². The molecule has 3 rings (SSSR count). The van der Waals surface area contributed by atoms with Crippen LogP contribution in [0.25, 0.3) is 0 Å². The molecule has 1 aromatic carbocycles. The molecule has 1 aromatic rings. The van der Waals surface area contributed by atoms with Gasteiger partial charge in [-0.15, -0.1) is 0 Å². The molecule has 0 spiro atoms. The lowest BCUT2D eigenvalue weighted by atomic mass is 9.83. The van der Waals surface area contributed by atoms with E-state index in [0.29, 0.717) is 6.04 Å². The Morgan fingerprint density at radius 2 is 1.81 bits per heavy atom. The van der Waals surface area contributed by atoms with Gasteiger partial charge in [0.25, 0.3) is 0 Å². The number of methoxy groups -OCH3 is 1. The van der Waals surface area contributed by atoms with Crippen molar-refractivity contribution in [1.82, 2.24) is 4.90 Å². The monoisotopic (exact) mass is 288 g/mol. The van der Waals surface area contributed by atoms with E-state index in [1.54, 1.807) is 7.11 Å². The lowest BCUT2D eigenvalue weighted by Crippen LogP contribution is -2.46. The SMILES string of the molecule is COc1ccc2c(c1)C(N)C(N1CCCCCCC1)CC2. The van der Waals surface area contributed by atoms with Gasteiger partial charge in [0.1, 0.15) is 5.75 Å². The molecule has 2 atom stereocenters. The van der Waals surface area contributed by atoms with E-state index < -0.39 is 0 Å². The average molecular weight is 288 g/mol. The average Bonchev–Trinajstić information content (AvgIpc) is 2.48. The van der Waals surface area contributed by atoms with E-state index in [2.05, 4.69) is 23.1 Å². The maximum absolute atomic E-state index is 6.64. The Morgan fingerprint density at radius 3 is 2.52 bits per heavy atom. The van der Waals surface area contributed by atoms with Gasteiger partial charge >= 0.3 is 0 Å². The summed E-state index contributed by atoms with van der Waals surface area (Å²) in [6.07, 6.45) is 9.16. The number of benzene rings is 1. The number of fused-ring (bicyclic) bond motifs is 1. The number of hydrogen-bond acceptors (Lipinski definition) is 3.